The molecule has 134 valence electrons. The van der Waals surface area contributed by atoms with Crippen LogP contribution in [0.2, 0.25) is 0 Å². The number of fused-ring (bicyclic) bond motifs is 2. The zero-order chi connectivity index (χ0) is 18.5. The lowest BCUT2D eigenvalue weighted by atomic mass is 10.1. The number of hydrogen-bond donors (Lipinski definition) is 0. The molecule has 2 aliphatic heterocycles. The van der Waals surface area contributed by atoms with Crippen LogP contribution in [0.5, 0.6) is 0 Å². The van der Waals surface area contributed by atoms with Crippen LogP contribution in [0.1, 0.15) is 44.9 Å². The molecule has 0 spiro atoms. The lowest BCUT2D eigenvalue weighted by Gasteiger charge is -2.23. The van der Waals surface area contributed by atoms with E-state index in [1.165, 1.54) is 0 Å². The zero-order valence-electron chi connectivity index (χ0n) is 15.1. The van der Waals surface area contributed by atoms with Crippen molar-refractivity contribution < 1.29 is 14.2 Å². The number of aromatic nitrogens is 4. The molecule has 0 N–H and O–H groups in total. The van der Waals surface area contributed by atoms with Gasteiger partial charge in [-0.1, -0.05) is 12.8 Å². The van der Waals surface area contributed by atoms with Gasteiger partial charge in [-0.05, 0) is 26.7 Å². The number of nitriles is 1. The number of imidazole rings is 1. The third-order valence-electron chi connectivity index (χ3n) is 4.40. The van der Waals surface area contributed by atoms with Gasteiger partial charge < -0.3 is 14.2 Å². The number of aryl methyl sites for hydroxylation is 1. The van der Waals surface area contributed by atoms with E-state index in [-0.39, 0.29) is 0 Å². The van der Waals surface area contributed by atoms with Crippen LogP contribution in [-0.2, 0) is 14.2 Å². The minimum atomic E-state index is -0.772. The van der Waals surface area contributed by atoms with Crippen LogP contribution in [0, 0.1) is 30.1 Å². The van der Waals surface area contributed by atoms with E-state index in [1.54, 1.807) is 10.9 Å². The minimum absolute atomic E-state index is 0.424. The van der Waals surface area contributed by atoms with Gasteiger partial charge in [0.2, 0.25) is 5.82 Å². The molecule has 2 aromatic heterocycles. The third kappa shape index (κ3) is 2.63. The van der Waals surface area contributed by atoms with Gasteiger partial charge >= 0.3 is 0 Å². The molecule has 26 heavy (non-hydrogen) atoms. The molecule has 2 fully saturated rings. The molecule has 0 aromatic carbocycles. The van der Waals surface area contributed by atoms with Gasteiger partial charge in [0.1, 0.15) is 17.7 Å². The second-order valence-electron chi connectivity index (χ2n) is 6.75. The molecule has 4 heterocycles. The summed E-state index contributed by atoms with van der Waals surface area (Å²) in [5.74, 6) is 5.60. The lowest BCUT2D eigenvalue weighted by Crippen LogP contribution is -2.28. The molecule has 0 aliphatic carbocycles. The second-order valence-corrected chi connectivity index (χ2v) is 6.75. The molecule has 8 nitrogen and oxygen atoms in total. The van der Waals surface area contributed by atoms with Crippen LogP contribution in [0.3, 0.4) is 0 Å². The first-order valence-corrected chi connectivity index (χ1v) is 8.54. The minimum Gasteiger partial charge on any atom is -0.341 e. The molecule has 0 radical (unpaired) electrons. The van der Waals surface area contributed by atoms with Crippen LogP contribution in [-0.4, -0.2) is 43.6 Å². The molecule has 2 aliphatic rings. The highest BCUT2D eigenvalue weighted by Gasteiger charge is 2.56. The molecule has 2 aromatic rings. The first-order valence-electron chi connectivity index (χ1n) is 8.54. The summed E-state index contributed by atoms with van der Waals surface area (Å²) >= 11 is 0. The van der Waals surface area contributed by atoms with E-state index < -0.39 is 30.3 Å². The zero-order valence-corrected chi connectivity index (χ0v) is 15.1. The molecule has 1 unspecified atom stereocenters. The Hall–Kier alpha value is -2.52. The fourth-order valence-corrected chi connectivity index (χ4v) is 3.37. The predicted octanol–water partition coefficient (Wildman–Crippen LogP) is 1.84. The Morgan fingerprint density at radius 1 is 1.27 bits per heavy atom. The first-order chi connectivity index (χ1) is 12.4. The Balaban J connectivity index is 1.79. The van der Waals surface area contributed by atoms with E-state index in [9.17, 15) is 5.26 Å². The van der Waals surface area contributed by atoms with Gasteiger partial charge in [-0.15, -0.1) is 0 Å². The summed E-state index contributed by atoms with van der Waals surface area (Å²) in [6, 6.07) is 2.15. The van der Waals surface area contributed by atoms with Gasteiger partial charge in [0.25, 0.3) is 0 Å². The maximum Gasteiger partial charge on any atom is 0.207 e. The largest absolute Gasteiger partial charge is 0.341 e. The third-order valence-corrected chi connectivity index (χ3v) is 4.40. The van der Waals surface area contributed by atoms with Crippen LogP contribution < -0.4 is 0 Å². The number of ether oxygens (including phenoxy) is 3. The van der Waals surface area contributed by atoms with Crippen molar-refractivity contribution >= 4 is 11.2 Å². The first kappa shape index (κ1) is 16.9. The van der Waals surface area contributed by atoms with Crippen LogP contribution >= 0.6 is 0 Å². The highest BCUT2D eigenvalue weighted by molar-refractivity contribution is 5.73. The van der Waals surface area contributed by atoms with E-state index in [1.807, 2.05) is 27.7 Å². The van der Waals surface area contributed by atoms with E-state index >= 15 is 0 Å². The van der Waals surface area contributed by atoms with E-state index in [0.717, 1.165) is 12.1 Å². The van der Waals surface area contributed by atoms with Gasteiger partial charge in [0.05, 0.1) is 18.1 Å². The molecule has 0 bridgehead atoms. The number of rotatable bonds is 1. The van der Waals surface area contributed by atoms with Crippen LogP contribution in [0.25, 0.3) is 11.2 Å². The van der Waals surface area contributed by atoms with Crippen molar-refractivity contribution in [1.82, 2.24) is 19.5 Å². The molecule has 4 rings (SSSR count). The lowest BCUT2D eigenvalue weighted by molar-refractivity contribution is -0.190. The normalized spacial score (nSPS) is 29.2. The Bertz CT molecular complexity index is 965. The van der Waals surface area contributed by atoms with Gasteiger partial charge in [-0.2, -0.15) is 5.26 Å². The summed E-state index contributed by atoms with van der Waals surface area (Å²) in [4.78, 5) is 13.3. The van der Waals surface area contributed by atoms with E-state index in [0.29, 0.717) is 17.0 Å². The van der Waals surface area contributed by atoms with Crippen LogP contribution in [0.4, 0.5) is 0 Å². The van der Waals surface area contributed by atoms with Gasteiger partial charge in [0.15, 0.2) is 23.8 Å². The van der Waals surface area contributed by atoms with Crippen molar-refractivity contribution in [3.05, 3.63) is 17.8 Å². The van der Waals surface area contributed by atoms with Crippen molar-refractivity contribution in [3.63, 3.8) is 0 Å². The summed E-state index contributed by atoms with van der Waals surface area (Å²) in [6.07, 6.45) is 0.204. The van der Waals surface area contributed by atoms with E-state index in [2.05, 4.69) is 32.9 Å². The SMILES string of the molecule is CCC#Cc1nc(C)c2ncn([C@@H]3O[C@H](C#N)[C@@H]4OC(C)(C)OC43)c2n1. The highest BCUT2D eigenvalue weighted by Crippen LogP contribution is 2.43. The van der Waals surface area contributed by atoms with Crippen molar-refractivity contribution in [2.45, 2.75) is 64.4 Å². The molecule has 2 saturated heterocycles. The molecule has 4 atom stereocenters. The Morgan fingerprint density at radius 2 is 2.04 bits per heavy atom. The molecular weight excluding hydrogens is 334 g/mol. The molecule has 8 heteroatoms. The summed E-state index contributed by atoms with van der Waals surface area (Å²) < 4.78 is 19.5. The summed E-state index contributed by atoms with van der Waals surface area (Å²) in [7, 11) is 0. The maximum atomic E-state index is 9.42. The fraction of sp³-hybridized carbons (Fsp3) is 0.556. The van der Waals surface area contributed by atoms with Crippen LogP contribution in [0.15, 0.2) is 6.33 Å². The topological polar surface area (TPSA) is 95.1 Å². The summed E-state index contributed by atoms with van der Waals surface area (Å²) in [5.41, 5.74) is 2.02. The summed E-state index contributed by atoms with van der Waals surface area (Å²) in [5, 5.41) is 9.42. The fourth-order valence-electron chi connectivity index (χ4n) is 3.37. The second kappa shape index (κ2) is 6.03. The van der Waals surface area contributed by atoms with Gasteiger partial charge in [-0.25, -0.2) is 15.0 Å². The summed E-state index contributed by atoms with van der Waals surface area (Å²) in [6.45, 7) is 7.49. The van der Waals surface area contributed by atoms with Crippen molar-refractivity contribution in [1.29, 1.82) is 5.26 Å². The quantitative estimate of drug-likeness (QED) is 0.722. The predicted molar refractivity (Wildman–Crippen MR) is 90.6 cm³/mol. The molecule has 0 saturated carbocycles. The molecule has 0 amide bonds. The number of nitrogens with zero attached hydrogens (tertiary/aromatic N) is 5. The Morgan fingerprint density at radius 3 is 2.77 bits per heavy atom. The van der Waals surface area contributed by atoms with Gasteiger partial charge in [0, 0.05) is 6.42 Å². The Labute approximate surface area is 151 Å². The maximum absolute atomic E-state index is 9.42. The molecular formula is C18H19N5O3. The standard InChI is InChI=1S/C18H19N5O3/c1-5-6-7-12-21-10(2)13-16(22-12)23(9-20-13)17-15-14(11(8-19)24-17)25-18(3,4)26-15/h9,11,14-15,17H,5H2,1-4H3/t11-,14+,15?,17-/m1/s1. The highest BCUT2D eigenvalue weighted by atomic mass is 16.8. The number of hydrogen-bond acceptors (Lipinski definition) is 7. The monoisotopic (exact) mass is 353 g/mol. The van der Waals surface area contributed by atoms with Gasteiger partial charge in [-0.3, -0.25) is 4.57 Å². The average molecular weight is 353 g/mol. The van der Waals surface area contributed by atoms with Crippen molar-refractivity contribution in [2.75, 3.05) is 0 Å². The van der Waals surface area contributed by atoms with Crippen molar-refractivity contribution in [3.8, 4) is 17.9 Å². The van der Waals surface area contributed by atoms with Crippen molar-refractivity contribution in [2.24, 2.45) is 0 Å². The Kier molecular flexibility index (Phi) is 3.92. The van der Waals surface area contributed by atoms with E-state index in [4.69, 9.17) is 14.2 Å². The smallest absolute Gasteiger partial charge is 0.207 e. The average Bonchev–Trinajstić information content (AvgIpc) is 3.23.